The third-order valence-electron chi connectivity index (χ3n) is 4.52. The molecule has 172 valence electrons. The van der Waals surface area contributed by atoms with Crippen LogP contribution in [0.5, 0.6) is 17.2 Å². The Bertz CT molecular complexity index is 1130. The number of hydrogen-bond donors (Lipinski definition) is 0. The number of thiazole rings is 1. The molecule has 0 unspecified atom stereocenters. The molecule has 0 bridgehead atoms. The van der Waals surface area contributed by atoms with Gasteiger partial charge in [0.15, 0.2) is 16.3 Å². The van der Waals surface area contributed by atoms with E-state index in [1.807, 2.05) is 20.8 Å². The van der Waals surface area contributed by atoms with Gasteiger partial charge in [-0.2, -0.15) is 4.99 Å². The van der Waals surface area contributed by atoms with Gasteiger partial charge in [-0.05, 0) is 45.0 Å². The standard InChI is InChI=1S/C23H27FN2O5S/c1-5-29-17-13-15(14-18(30-6-2)21(17)31-7-3)22(27)25-23-26(11-12-28-4)20-16(24)9-8-10-19(20)32-23/h8-10,13-14H,5-7,11-12H2,1-4H3. The summed E-state index contributed by atoms with van der Waals surface area (Å²) in [6, 6.07) is 8.01. The van der Waals surface area contributed by atoms with Crippen LogP contribution in [0.4, 0.5) is 4.39 Å². The highest BCUT2D eigenvalue weighted by Crippen LogP contribution is 2.39. The average molecular weight is 463 g/mol. The number of methoxy groups -OCH3 is 1. The number of carbonyl (C=O) groups excluding carboxylic acids is 1. The molecule has 32 heavy (non-hydrogen) atoms. The summed E-state index contributed by atoms with van der Waals surface area (Å²) < 4.78 is 39.1. The molecule has 0 saturated carbocycles. The second kappa shape index (κ2) is 11.1. The maximum Gasteiger partial charge on any atom is 0.279 e. The number of nitrogens with zero attached hydrogens (tertiary/aromatic N) is 2. The molecule has 0 aliphatic carbocycles. The summed E-state index contributed by atoms with van der Waals surface area (Å²) in [5, 5.41) is 0. The molecule has 1 aromatic heterocycles. The maximum atomic E-state index is 14.5. The van der Waals surface area contributed by atoms with Crippen LogP contribution in [0, 0.1) is 5.82 Å². The van der Waals surface area contributed by atoms with Gasteiger partial charge in [0.25, 0.3) is 5.91 Å². The van der Waals surface area contributed by atoms with E-state index in [0.717, 1.165) is 0 Å². The fraction of sp³-hybridized carbons (Fsp3) is 0.391. The summed E-state index contributed by atoms with van der Waals surface area (Å²) >= 11 is 1.24. The summed E-state index contributed by atoms with van der Waals surface area (Å²) in [6.07, 6.45) is 0. The Morgan fingerprint density at radius 2 is 1.72 bits per heavy atom. The van der Waals surface area contributed by atoms with E-state index in [2.05, 4.69) is 4.99 Å². The molecule has 1 heterocycles. The van der Waals surface area contributed by atoms with Gasteiger partial charge in [-0.1, -0.05) is 17.4 Å². The lowest BCUT2D eigenvalue weighted by molar-refractivity contribution is 0.0996. The van der Waals surface area contributed by atoms with Crippen molar-refractivity contribution in [2.45, 2.75) is 27.3 Å². The first-order valence-corrected chi connectivity index (χ1v) is 11.3. The lowest BCUT2D eigenvalue weighted by Gasteiger charge is -2.16. The largest absolute Gasteiger partial charge is 0.490 e. The Kier molecular flexibility index (Phi) is 8.24. The number of aromatic nitrogens is 1. The van der Waals surface area contributed by atoms with Crippen LogP contribution < -0.4 is 19.0 Å². The minimum atomic E-state index is -0.493. The van der Waals surface area contributed by atoms with Gasteiger partial charge in [0, 0.05) is 19.2 Å². The molecule has 7 nitrogen and oxygen atoms in total. The molecule has 0 spiro atoms. The number of carbonyl (C=O) groups is 1. The molecule has 0 aliphatic heterocycles. The van der Waals surface area contributed by atoms with Crippen molar-refractivity contribution in [1.29, 1.82) is 0 Å². The molecule has 0 atom stereocenters. The molecule has 3 aromatic rings. The molecule has 0 fully saturated rings. The SMILES string of the molecule is CCOc1cc(C(=O)N=c2sc3cccc(F)c3n2CCOC)cc(OCC)c1OCC. The van der Waals surface area contributed by atoms with E-state index in [1.54, 1.807) is 35.9 Å². The number of benzene rings is 2. The summed E-state index contributed by atoms with van der Waals surface area (Å²) in [5.41, 5.74) is 0.689. The molecule has 1 amide bonds. The summed E-state index contributed by atoms with van der Waals surface area (Å²) in [6.45, 7) is 7.48. The summed E-state index contributed by atoms with van der Waals surface area (Å²) in [7, 11) is 1.57. The highest BCUT2D eigenvalue weighted by molar-refractivity contribution is 7.16. The van der Waals surface area contributed by atoms with Crippen molar-refractivity contribution in [3.05, 3.63) is 46.5 Å². The number of amides is 1. The summed E-state index contributed by atoms with van der Waals surface area (Å²) in [5.74, 6) is 0.406. The number of para-hydroxylation sites is 1. The van der Waals surface area contributed by atoms with Crippen LogP contribution in [0.25, 0.3) is 10.2 Å². The van der Waals surface area contributed by atoms with E-state index in [4.69, 9.17) is 18.9 Å². The first kappa shape index (κ1) is 23.7. The number of fused-ring (bicyclic) bond motifs is 1. The zero-order valence-corrected chi connectivity index (χ0v) is 19.5. The first-order chi connectivity index (χ1) is 15.5. The van der Waals surface area contributed by atoms with Crippen LogP contribution in [0.1, 0.15) is 31.1 Å². The monoisotopic (exact) mass is 462 g/mol. The summed E-state index contributed by atoms with van der Waals surface area (Å²) in [4.78, 5) is 17.8. The van der Waals surface area contributed by atoms with Crippen molar-refractivity contribution >= 4 is 27.5 Å². The van der Waals surface area contributed by atoms with E-state index in [9.17, 15) is 9.18 Å². The maximum absolute atomic E-state index is 14.5. The van der Waals surface area contributed by atoms with E-state index in [1.165, 1.54) is 17.4 Å². The van der Waals surface area contributed by atoms with Crippen molar-refractivity contribution in [1.82, 2.24) is 4.57 Å². The Morgan fingerprint density at radius 3 is 2.31 bits per heavy atom. The van der Waals surface area contributed by atoms with Gasteiger partial charge in [-0.15, -0.1) is 0 Å². The quantitative estimate of drug-likeness (QED) is 0.446. The van der Waals surface area contributed by atoms with Crippen LogP contribution in [-0.2, 0) is 11.3 Å². The topological polar surface area (TPSA) is 71.3 Å². The van der Waals surface area contributed by atoms with Crippen molar-refractivity contribution in [2.75, 3.05) is 33.5 Å². The van der Waals surface area contributed by atoms with Crippen LogP contribution in [0.3, 0.4) is 0 Å². The Balaban J connectivity index is 2.13. The second-order valence-corrected chi connectivity index (χ2v) is 7.64. The molecular formula is C23H27FN2O5S. The molecule has 9 heteroatoms. The van der Waals surface area contributed by atoms with Gasteiger partial charge in [0.1, 0.15) is 5.82 Å². The Morgan fingerprint density at radius 1 is 1.06 bits per heavy atom. The average Bonchev–Trinajstić information content (AvgIpc) is 3.12. The van der Waals surface area contributed by atoms with Crippen LogP contribution in [-0.4, -0.2) is 44.0 Å². The fourth-order valence-corrected chi connectivity index (χ4v) is 4.29. The van der Waals surface area contributed by atoms with Crippen molar-refractivity contribution in [2.24, 2.45) is 4.99 Å². The second-order valence-electron chi connectivity index (χ2n) is 6.63. The minimum absolute atomic E-state index is 0.288. The zero-order chi connectivity index (χ0) is 23.1. The smallest absolute Gasteiger partial charge is 0.279 e. The lowest BCUT2D eigenvalue weighted by atomic mass is 10.1. The van der Waals surface area contributed by atoms with E-state index in [-0.39, 0.29) is 11.4 Å². The predicted octanol–water partition coefficient (Wildman–Crippen LogP) is 4.43. The molecule has 0 N–H and O–H groups in total. The normalized spacial score (nSPS) is 11.7. The van der Waals surface area contributed by atoms with Gasteiger partial charge in [0.05, 0.1) is 36.6 Å². The van der Waals surface area contributed by atoms with Gasteiger partial charge >= 0.3 is 0 Å². The predicted molar refractivity (Wildman–Crippen MR) is 121 cm³/mol. The van der Waals surface area contributed by atoms with Gasteiger partial charge in [-0.3, -0.25) is 4.79 Å². The minimum Gasteiger partial charge on any atom is -0.490 e. The Hall–Kier alpha value is -2.91. The van der Waals surface area contributed by atoms with Gasteiger partial charge < -0.3 is 23.5 Å². The van der Waals surface area contributed by atoms with Crippen LogP contribution in [0.2, 0.25) is 0 Å². The van der Waals surface area contributed by atoms with Gasteiger partial charge in [0.2, 0.25) is 5.75 Å². The Labute approximate surface area is 190 Å². The van der Waals surface area contributed by atoms with Crippen LogP contribution in [0.15, 0.2) is 35.3 Å². The highest BCUT2D eigenvalue weighted by Gasteiger charge is 2.19. The third kappa shape index (κ3) is 5.11. The molecule has 0 radical (unpaired) electrons. The number of halogens is 1. The van der Waals surface area contributed by atoms with Crippen molar-refractivity contribution in [3.63, 3.8) is 0 Å². The van der Waals surface area contributed by atoms with Gasteiger partial charge in [-0.25, -0.2) is 4.39 Å². The molecule has 0 aliphatic rings. The lowest BCUT2D eigenvalue weighted by Crippen LogP contribution is -2.20. The van der Waals surface area contributed by atoms with E-state index in [0.29, 0.717) is 65.2 Å². The third-order valence-corrected chi connectivity index (χ3v) is 5.57. The fourth-order valence-electron chi connectivity index (χ4n) is 3.23. The molecule has 0 saturated heterocycles. The molecule has 2 aromatic carbocycles. The first-order valence-electron chi connectivity index (χ1n) is 10.5. The van der Waals surface area contributed by atoms with Crippen molar-refractivity contribution in [3.8, 4) is 17.2 Å². The zero-order valence-electron chi connectivity index (χ0n) is 18.6. The highest BCUT2D eigenvalue weighted by atomic mass is 32.1. The molecule has 3 rings (SSSR count). The number of rotatable bonds is 10. The van der Waals surface area contributed by atoms with E-state index >= 15 is 0 Å². The van der Waals surface area contributed by atoms with Crippen molar-refractivity contribution < 1.29 is 28.1 Å². The number of ether oxygens (including phenoxy) is 4. The number of hydrogen-bond acceptors (Lipinski definition) is 6. The van der Waals surface area contributed by atoms with E-state index < -0.39 is 5.91 Å². The molecular weight excluding hydrogens is 435 g/mol. The van der Waals surface area contributed by atoms with Crippen LogP contribution >= 0.6 is 11.3 Å².